The molecule has 1 aromatic heterocycles. The zero-order chi connectivity index (χ0) is 19.8. The Kier molecular flexibility index (Phi) is 4.97. The molecule has 4 rings (SSSR count). The Morgan fingerprint density at radius 3 is 2.64 bits per heavy atom. The summed E-state index contributed by atoms with van der Waals surface area (Å²) in [6.07, 6.45) is 3.40. The van der Waals surface area contributed by atoms with Gasteiger partial charge < -0.3 is 20.4 Å². The second kappa shape index (κ2) is 7.43. The fraction of sp³-hybridized carbons (Fsp3) is 0.500. The summed E-state index contributed by atoms with van der Waals surface area (Å²) in [5.41, 5.74) is 6.16. The number of methoxy groups -OCH3 is 1. The molecule has 28 heavy (non-hydrogen) atoms. The zero-order valence-corrected chi connectivity index (χ0v) is 15.9. The van der Waals surface area contributed by atoms with Crippen LogP contribution in [0.4, 0.5) is 4.39 Å². The number of amides is 2. The van der Waals surface area contributed by atoms with Crippen LogP contribution < -0.4 is 10.5 Å². The van der Waals surface area contributed by atoms with Gasteiger partial charge in [0, 0.05) is 24.5 Å². The highest BCUT2D eigenvalue weighted by Crippen LogP contribution is 2.30. The third kappa shape index (κ3) is 3.22. The lowest BCUT2D eigenvalue weighted by Gasteiger charge is -2.38. The van der Waals surface area contributed by atoms with E-state index in [2.05, 4.69) is 9.88 Å². The van der Waals surface area contributed by atoms with Crippen LogP contribution >= 0.6 is 0 Å². The molecule has 2 fully saturated rings. The largest absolute Gasteiger partial charge is 0.496 e. The molecule has 3 heterocycles. The number of aromatic amines is 1. The number of carbonyl (C=O) groups is 2. The summed E-state index contributed by atoms with van der Waals surface area (Å²) < 4.78 is 19.4. The van der Waals surface area contributed by atoms with Crippen molar-refractivity contribution < 1.29 is 18.7 Å². The number of nitrogens with zero attached hydrogens (tertiary/aromatic N) is 2. The Morgan fingerprint density at radius 2 is 1.96 bits per heavy atom. The minimum atomic E-state index is -0.417. The van der Waals surface area contributed by atoms with Gasteiger partial charge >= 0.3 is 0 Å². The summed E-state index contributed by atoms with van der Waals surface area (Å²) in [7, 11) is 1.52. The number of primary amides is 1. The molecular weight excluding hydrogens is 363 g/mol. The molecule has 0 radical (unpaired) electrons. The second-order valence-electron chi connectivity index (χ2n) is 7.54. The summed E-state index contributed by atoms with van der Waals surface area (Å²) in [5, 5.41) is 0.558. The van der Waals surface area contributed by atoms with E-state index in [0.717, 1.165) is 32.2 Å². The lowest BCUT2D eigenvalue weighted by molar-refractivity contribution is -0.123. The molecule has 0 bridgehead atoms. The van der Waals surface area contributed by atoms with Crippen LogP contribution in [0, 0.1) is 5.82 Å². The molecule has 2 aliphatic rings. The van der Waals surface area contributed by atoms with Gasteiger partial charge in [-0.25, -0.2) is 4.39 Å². The van der Waals surface area contributed by atoms with Crippen molar-refractivity contribution in [1.82, 2.24) is 14.8 Å². The molecule has 2 aromatic rings. The highest BCUT2D eigenvalue weighted by molar-refractivity contribution is 5.99. The highest BCUT2D eigenvalue weighted by Gasteiger charge is 2.36. The third-order valence-electron chi connectivity index (χ3n) is 6.00. The monoisotopic (exact) mass is 388 g/mol. The molecule has 2 amide bonds. The molecular formula is C20H25FN4O3. The van der Waals surface area contributed by atoms with Crippen LogP contribution in [0.25, 0.3) is 10.9 Å². The van der Waals surface area contributed by atoms with Gasteiger partial charge in [0.15, 0.2) is 0 Å². The number of ether oxygens (including phenoxy) is 1. The number of rotatable bonds is 4. The van der Waals surface area contributed by atoms with Crippen molar-refractivity contribution >= 4 is 22.7 Å². The first-order chi connectivity index (χ1) is 13.5. The summed E-state index contributed by atoms with van der Waals surface area (Å²) in [6, 6.07) is 4.61. The van der Waals surface area contributed by atoms with Crippen molar-refractivity contribution in [2.24, 2.45) is 5.73 Å². The molecule has 0 spiro atoms. The fourth-order valence-electron chi connectivity index (χ4n) is 4.56. The lowest BCUT2D eigenvalue weighted by Crippen LogP contribution is -2.51. The number of aromatic nitrogens is 1. The van der Waals surface area contributed by atoms with E-state index in [4.69, 9.17) is 10.5 Å². The molecule has 7 nitrogen and oxygen atoms in total. The number of piperidine rings is 1. The first kappa shape index (κ1) is 18.7. The maximum Gasteiger partial charge on any atom is 0.270 e. The summed E-state index contributed by atoms with van der Waals surface area (Å²) >= 11 is 0. The van der Waals surface area contributed by atoms with Crippen LogP contribution in [-0.4, -0.2) is 65.4 Å². The third-order valence-corrected chi connectivity index (χ3v) is 6.00. The molecule has 8 heteroatoms. The quantitative estimate of drug-likeness (QED) is 0.837. The topological polar surface area (TPSA) is 91.7 Å². The SMILES string of the molecule is COc1ccc(F)c2[nH]c(C(=O)N3CCC(N4CCCC4C(N)=O)CC3)cc12. The van der Waals surface area contributed by atoms with Crippen LogP contribution in [0.15, 0.2) is 18.2 Å². The number of likely N-dealkylation sites (tertiary alicyclic amines) is 2. The molecule has 1 aromatic carbocycles. The maximum atomic E-state index is 14.1. The number of halogens is 1. The Balaban J connectivity index is 1.46. The molecule has 2 aliphatic heterocycles. The van der Waals surface area contributed by atoms with Crippen LogP contribution in [0.2, 0.25) is 0 Å². The molecule has 150 valence electrons. The summed E-state index contributed by atoms with van der Waals surface area (Å²) in [5.74, 6) is -0.300. The molecule has 0 aliphatic carbocycles. The number of hydrogen-bond donors (Lipinski definition) is 2. The highest BCUT2D eigenvalue weighted by atomic mass is 19.1. The minimum Gasteiger partial charge on any atom is -0.496 e. The normalized spacial score (nSPS) is 21.4. The van der Waals surface area contributed by atoms with Gasteiger partial charge in [-0.05, 0) is 50.4 Å². The number of fused-ring (bicyclic) bond motifs is 1. The Labute approximate surface area is 162 Å². The van der Waals surface area contributed by atoms with Crippen LogP contribution in [0.5, 0.6) is 5.75 Å². The number of nitrogens with one attached hydrogen (secondary N) is 1. The fourth-order valence-corrected chi connectivity index (χ4v) is 4.56. The van der Waals surface area contributed by atoms with Crippen LogP contribution in [-0.2, 0) is 4.79 Å². The Bertz CT molecular complexity index is 904. The van der Waals surface area contributed by atoms with Crippen molar-refractivity contribution in [3.63, 3.8) is 0 Å². The van der Waals surface area contributed by atoms with E-state index in [-0.39, 0.29) is 29.4 Å². The van der Waals surface area contributed by atoms with E-state index >= 15 is 0 Å². The van der Waals surface area contributed by atoms with Crippen molar-refractivity contribution in [3.8, 4) is 5.75 Å². The van der Waals surface area contributed by atoms with Gasteiger partial charge in [-0.1, -0.05) is 0 Å². The molecule has 0 saturated carbocycles. The van der Waals surface area contributed by atoms with Crippen molar-refractivity contribution in [1.29, 1.82) is 0 Å². The van der Waals surface area contributed by atoms with Crippen molar-refractivity contribution in [2.45, 2.75) is 37.8 Å². The minimum absolute atomic E-state index is 0.149. The van der Waals surface area contributed by atoms with E-state index in [1.54, 1.807) is 17.0 Å². The smallest absolute Gasteiger partial charge is 0.270 e. The first-order valence-corrected chi connectivity index (χ1v) is 9.69. The number of H-pyrrole nitrogens is 1. The molecule has 3 N–H and O–H groups in total. The molecule has 1 atom stereocenters. The van der Waals surface area contributed by atoms with Crippen LogP contribution in [0.1, 0.15) is 36.2 Å². The van der Waals surface area contributed by atoms with Gasteiger partial charge in [0.25, 0.3) is 5.91 Å². The molecule has 2 saturated heterocycles. The lowest BCUT2D eigenvalue weighted by atomic mass is 10.0. The maximum absolute atomic E-state index is 14.1. The Hall–Kier alpha value is -2.61. The van der Waals surface area contributed by atoms with Gasteiger partial charge in [-0.15, -0.1) is 0 Å². The second-order valence-corrected chi connectivity index (χ2v) is 7.54. The number of nitrogens with two attached hydrogens (primary N) is 1. The standard InChI is InChI=1S/C20H25FN4O3/c1-28-17-5-4-14(21)18-13(17)11-15(23-18)20(27)24-9-6-12(7-10-24)25-8-2-3-16(25)19(22)26/h4-5,11-12,16,23H,2-3,6-10H2,1H3,(H2,22,26). The van der Waals surface area contributed by atoms with Gasteiger partial charge in [0.1, 0.15) is 17.3 Å². The predicted molar refractivity (Wildman–Crippen MR) is 103 cm³/mol. The summed E-state index contributed by atoms with van der Waals surface area (Å²) in [4.78, 5) is 31.5. The Morgan fingerprint density at radius 1 is 1.21 bits per heavy atom. The first-order valence-electron chi connectivity index (χ1n) is 9.69. The number of benzene rings is 1. The van der Waals surface area contributed by atoms with Gasteiger partial charge in [0.05, 0.1) is 18.7 Å². The number of hydrogen-bond acceptors (Lipinski definition) is 4. The van der Waals surface area contributed by atoms with Gasteiger partial charge in [-0.2, -0.15) is 0 Å². The zero-order valence-electron chi connectivity index (χ0n) is 15.9. The van der Waals surface area contributed by atoms with Crippen molar-refractivity contribution in [2.75, 3.05) is 26.7 Å². The molecule has 1 unspecified atom stereocenters. The van der Waals surface area contributed by atoms with Crippen molar-refractivity contribution in [3.05, 3.63) is 29.7 Å². The van der Waals surface area contributed by atoms with E-state index < -0.39 is 5.82 Å². The number of carbonyl (C=O) groups excluding carboxylic acids is 2. The van der Waals surface area contributed by atoms with Crippen LogP contribution in [0.3, 0.4) is 0 Å². The van der Waals surface area contributed by atoms with Gasteiger partial charge in [0.2, 0.25) is 5.91 Å². The van der Waals surface area contributed by atoms with E-state index in [0.29, 0.717) is 29.9 Å². The average Bonchev–Trinajstić information content (AvgIpc) is 3.36. The van der Waals surface area contributed by atoms with E-state index in [1.807, 2.05) is 0 Å². The summed E-state index contributed by atoms with van der Waals surface area (Å²) in [6.45, 7) is 2.08. The van der Waals surface area contributed by atoms with E-state index in [9.17, 15) is 14.0 Å². The van der Waals surface area contributed by atoms with Gasteiger partial charge in [-0.3, -0.25) is 14.5 Å². The van der Waals surface area contributed by atoms with E-state index in [1.165, 1.54) is 13.2 Å². The average molecular weight is 388 g/mol. The predicted octanol–water partition coefficient (Wildman–Crippen LogP) is 1.87.